The number of aromatic nitrogens is 4. The van der Waals surface area contributed by atoms with Crippen LogP contribution in [0, 0.1) is 0 Å². The first kappa shape index (κ1) is 9.44. The maximum absolute atomic E-state index is 9.80. The molecule has 0 unspecified atom stereocenters. The van der Waals surface area contributed by atoms with Gasteiger partial charge in [0, 0.05) is 0 Å². The molecule has 82 valence electrons. The highest BCUT2D eigenvalue weighted by Gasteiger charge is 2.31. The van der Waals surface area contributed by atoms with E-state index < -0.39 is 12.2 Å². The minimum Gasteiger partial charge on any atom is -0.388 e. The van der Waals surface area contributed by atoms with Crippen molar-refractivity contribution in [3.05, 3.63) is 31.0 Å². The van der Waals surface area contributed by atoms with Crippen LogP contribution < -0.4 is 0 Å². The maximum Gasteiger partial charge on any atom is 0.163 e. The van der Waals surface area contributed by atoms with E-state index in [0.29, 0.717) is 11.5 Å². The van der Waals surface area contributed by atoms with Gasteiger partial charge in [0.25, 0.3) is 0 Å². The topological polar surface area (TPSA) is 84.1 Å². The van der Waals surface area contributed by atoms with Crippen molar-refractivity contribution in [2.24, 2.45) is 0 Å². The van der Waals surface area contributed by atoms with Gasteiger partial charge in [-0.1, -0.05) is 12.2 Å². The molecule has 6 heteroatoms. The van der Waals surface area contributed by atoms with Gasteiger partial charge in [0.2, 0.25) is 0 Å². The normalized spacial score (nSPS) is 29.0. The molecule has 0 radical (unpaired) electrons. The smallest absolute Gasteiger partial charge is 0.163 e. The highest BCUT2D eigenvalue weighted by atomic mass is 16.3. The molecule has 3 rings (SSSR count). The lowest BCUT2D eigenvalue weighted by Crippen LogP contribution is -2.29. The van der Waals surface area contributed by atoms with Crippen molar-refractivity contribution < 1.29 is 10.2 Å². The van der Waals surface area contributed by atoms with Crippen molar-refractivity contribution in [1.29, 1.82) is 0 Å². The largest absolute Gasteiger partial charge is 0.388 e. The van der Waals surface area contributed by atoms with E-state index in [1.807, 2.05) is 0 Å². The van der Waals surface area contributed by atoms with Crippen LogP contribution in [0.1, 0.15) is 6.04 Å². The molecular weight excluding hydrogens is 208 g/mol. The Kier molecular flexibility index (Phi) is 1.98. The van der Waals surface area contributed by atoms with Gasteiger partial charge in [-0.15, -0.1) is 0 Å². The van der Waals surface area contributed by atoms with Crippen LogP contribution in [0.4, 0.5) is 0 Å². The first-order valence-corrected chi connectivity index (χ1v) is 4.94. The fourth-order valence-corrected chi connectivity index (χ4v) is 1.92. The van der Waals surface area contributed by atoms with Gasteiger partial charge in [-0.3, -0.25) is 0 Å². The Morgan fingerprint density at radius 1 is 1.19 bits per heavy atom. The summed E-state index contributed by atoms with van der Waals surface area (Å²) >= 11 is 0. The van der Waals surface area contributed by atoms with E-state index in [-0.39, 0.29) is 6.04 Å². The Hall–Kier alpha value is -1.79. The van der Waals surface area contributed by atoms with Gasteiger partial charge < -0.3 is 14.8 Å². The van der Waals surface area contributed by atoms with Gasteiger partial charge in [-0.05, 0) is 0 Å². The zero-order valence-corrected chi connectivity index (χ0v) is 8.30. The number of rotatable bonds is 1. The quantitative estimate of drug-likeness (QED) is 0.637. The minimum absolute atomic E-state index is 0.345. The summed E-state index contributed by atoms with van der Waals surface area (Å²) in [6.45, 7) is 0. The Balaban J connectivity index is 2.07. The lowest BCUT2D eigenvalue weighted by Gasteiger charge is -2.21. The third-order valence-electron chi connectivity index (χ3n) is 2.76. The summed E-state index contributed by atoms with van der Waals surface area (Å²) in [5, 5.41) is 19.2. The Morgan fingerprint density at radius 2 is 2.06 bits per heavy atom. The summed E-state index contributed by atoms with van der Waals surface area (Å²) in [5.41, 5.74) is 0.671. The van der Waals surface area contributed by atoms with Gasteiger partial charge in [-0.2, -0.15) is 0 Å². The molecule has 2 aliphatic heterocycles. The second kappa shape index (κ2) is 3.36. The van der Waals surface area contributed by atoms with Crippen LogP contribution in [0.15, 0.2) is 31.0 Å². The average Bonchev–Trinajstić information content (AvgIpc) is 2.87. The summed E-state index contributed by atoms with van der Waals surface area (Å²) in [4.78, 5) is 12.2. The van der Waals surface area contributed by atoms with Crippen LogP contribution >= 0.6 is 0 Å². The molecule has 0 saturated carbocycles. The fourth-order valence-electron chi connectivity index (χ4n) is 1.92. The van der Waals surface area contributed by atoms with E-state index in [9.17, 15) is 10.2 Å². The van der Waals surface area contributed by atoms with Crippen molar-refractivity contribution in [3.63, 3.8) is 0 Å². The lowest BCUT2D eigenvalue weighted by atomic mass is 10.2. The average molecular weight is 218 g/mol. The fraction of sp³-hybridized carbons (Fsp3) is 0.300. The number of hydrogen-bond acceptors (Lipinski definition) is 5. The molecule has 1 aliphatic carbocycles. The molecule has 6 nitrogen and oxygen atoms in total. The highest BCUT2D eigenvalue weighted by Crippen LogP contribution is 2.28. The summed E-state index contributed by atoms with van der Waals surface area (Å²) < 4.78 is 1.71. The number of aliphatic hydroxyl groups excluding tert-OH is 2. The molecule has 0 aromatic rings. The van der Waals surface area contributed by atoms with Crippen LogP contribution in [-0.4, -0.2) is 41.9 Å². The Labute approximate surface area is 91.3 Å². The molecule has 2 heterocycles. The monoisotopic (exact) mass is 218 g/mol. The van der Waals surface area contributed by atoms with E-state index in [4.69, 9.17) is 0 Å². The molecule has 3 atom stereocenters. The molecular formula is C10H10N4O2. The van der Waals surface area contributed by atoms with Crippen molar-refractivity contribution in [3.8, 4) is 11.5 Å². The predicted octanol–water partition coefficient (Wildman–Crippen LogP) is -0.389. The van der Waals surface area contributed by atoms with Crippen LogP contribution in [0.2, 0.25) is 0 Å². The lowest BCUT2D eigenvalue weighted by molar-refractivity contribution is 0.0367. The second-order valence-corrected chi connectivity index (χ2v) is 3.74. The first-order valence-electron chi connectivity index (χ1n) is 4.94. The maximum atomic E-state index is 9.80. The van der Waals surface area contributed by atoms with E-state index in [2.05, 4.69) is 15.0 Å². The van der Waals surface area contributed by atoms with Gasteiger partial charge in [0.1, 0.15) is 24.2 Å². The first-order chi connectivity index (χ1) is 7.77. The van der Waals surface area contributed by atoms with Gasteiger partial charge in [0.15, 0.2) is 5.82 Å². The molecule has 0 saturated heterocycles. The van der Waals surface area contributed by atoms with Crippen LogP contribution in [-0.2, 0) is 0 Å². The SMILES string of the molecule is O[C@@H]1[C@H](O)C=C[C@H]1n1cncc2ncnc1-2. The number of fused-ring (bicyclic) bond motifs is 1. The van der Waals surface area contributed by atoms with Crippen molar-refractivity contribution >= 4 is 0 Å². The summed E-state index contributed by atoms with van der Waals surface area (Å²) in [6, 6.07) is -0.345. The van der Waals surface area contributed by atoms with Crippen molar-refractivity contribution in [2.45, 2.75) is 18.2 Å². The Morgan fingerprint density at radius 3 is 2.81 bits per heavy atom. The van der Waals surface area contributed by atoms with Crippen molar-refractivity contribution in [1.82, 2.24) is 19.5 Å². The predicted molar refractivity (Wildman–Crippen MR) is 54.6 cm³/mol. The summed E-state index contributed by atoms with van der Waals surface area (Å²) in [5.74, 6) is 0.651. The third-order valence-corrected chi connectivity index (χ3v) is 2.76. The molecule has 16 heavy (non-hydrogen) atoms. The number of nitrogens with zero attached hydrogens (tertiary/aromatic N) is 4. The summed E-state index contributed by atoms with van der Waals surface area (Å²) in [7, 11) is 0. The number of hydrogen-bond donors (Lipinski definition) is 2. The van der Waals surface area contributed by atoms with E-state index in [0.717, 1.165) is 0 Å². The van der Waals surface area contributed by atoms with Crippen LogP contribution in [0.25, 0.3) is 11.5 Å². The van der Waals surface area contributed by atoms with Gasteiger partial charge in [0.05, 0.1) is 18.6 Å². The van der Waals surface area contributed by atoms with Gasteiger partial charge >= 0.3 is 0 Å². The number of aliphatic hydroxyl groups is 2. The van der Waals surface area contributed by atoms with Crippen LogP contribution in [0.3, 0.4) is 0 Å². The van der Waals surface area contributed by atoms with Crippen LogP contribution in [0.5, 0.6) is 0 Å². The third kappa shape index (κ3) is 1.24. The standard InChI is InChI=1S/C10H10N4O2/c15-8-2-1-7(9(8)16)14-5-11-3-6-10(14)13-4-12-6/h1-5,7-9,15-16H/t7-,8-,9+/m1/s1. The minimum atomic E-state index is -0.867. The molecule has 0 aromatic carbocycles. The molecule has 0 amide bonds. The molecule has 3 aliphatic rings. The molecule has 0 spiro atoms. The molecule has 0 aromatic heterocycles. The summed E-state index contributed by atoms with van der Waals surface area (Å²) in [6.07, 6.45) is 6.24. The molecule has 0 fully saturated rings. The Bertz CT molecular complexity index is 509. The van der Waals surface area contributed by atoms with E-state index in [1.54, 1.807) is 29.2 Å². The molecule has 0 bridgehead atoms. The zero-order chi connectivity index (χ0) is 11.1. The highest BCUT2D eigenvalue weighted by molar-refractivity contribution is 5.49. The van der Waals surface area contributed by atoms with E-state index in [1.165, 1.54) is 6.33 Å². The number of imidazole rings is 1. The van der Waals surface area contributed by atoms with E-state index >= 15 is 0 Å². The zero-order valence-electron chi connectivity index (χ0n) is 8.30. The molecule has 2 N–H and O–H groups in total. The van der Waals surface area contributed by atoms with Gasteiger partial charge in [-0.25, -0.2) is 15.0 Å². The van der Waals surface area contributed by atoms with Crippen molar-refractivity contribution in [2.75, 3.05) is 0 Å². The second-order valence-electron chi connectivity index (χ2n) is 3.74.